The van der Waals surface area contributed by atoms with Crippen LogP contribution in [0, 0.1) is 0 Å². The number of Topliss-reactive ketones (excluding diaryl/α,β-unsaturated/α-hetero) is 1. The van der Waals surface area contributed by atoms with E-state index in [1.54, 1.807) is 66.7 Å². The van der Waals surface area contributed by atoms with Crippen LogP contribution in [0.1, 0.15) is 34.8 Å². The molecule has 1 aliphatic rings. The molecule has 1 aliphatic heterocycles. The third-order valence-electron chi connectivity index (χ3n) is 5.47. The molecule has 0 spiro atoms. The zero-order valence-corrected chi connectivity index (χ0v) is 18.9. The molecule has 1 amide bonds. The van der Waals surface area contributed by atoms with Crippen molar-refractivity contribution in [2.75, 3.05) is 11.5 Å². The van der Waals surface area contributed by atoms with Crippen molar-refractivity contribution >= 4 is 40.6 Å². The van der Waals surface area contributed by atoms with E-state index in [9.17, 15) is 14.7 Å². The molecular formula is C25H21Cl2NO4. The average Bonchev–Trinajstić information content (AvgIpc) is 2.99. The summed E-state index contributed by atoms with van der Waals surface area (Å²) < 4.78 is 5.40. The van der Waals surface area contributed by atoms with E-state index in [1.165, 1.54) is 4.90 Å². The minimum atomic E-state index is -1.96. The fourth-order valence-electron chi connectivity index (χ4n) is 3.89. The second-order valence-electron chi connectivity index (χ2n) is 7.57. The van der Waals surface area contributed by atoms with E-state index in [4.69, 9.17) is 27.9 Å². The molecule has 5 nitrogen and oxygen atoms in total. The minimum Gasteiger partial charge on any atom is -0.494 e. The molecule has 1 N–H and O–H groups in total. The number of anilines is 1. The van der Waals surface area contributed by atoms with Gasteiger partial charge in [-0.05, 0) is 55.0 Å². The SMILES string of the molecule is CCOc1ccc(C(=O)CC2(O)C(=O)N(Cc3ccc(Cl)c(Cl)c3)c3ccccc32)cc1. The lowest BCUT2D eigenvalue weighted by atomic mass is 9.88. The third-order valence-corrected chi connectivity index (χ3v) is 6.21. The van der Waals surface area contributed by atoms with Gasteiger partial charge in [-0.3, -0.25) is 9.59 Å². The Morgan fingerprint density at radius 3 is 2.44 bits per heavy atom. The van der Waals surface area contributed by atoms with Gasteiger partial charge in [-0.15, -0.1) is 0 Å². The molecule has 1 heterocycles. The van der Waals surface area contributed by atoms with E-state index in [0.29, 0.717) is 39.2 Å². The van der Waals surface area contributed by atoms with Gasteiger partial charge in [-0.25, -0.2) is 0 Å². The van der Waals surface area contributed by atoms with Crippen molar-refractivity contribution in [1.29, 1.82) is 0 Å². The molecule has 4 rings (SSSR count). The normalized spacial score (nSPS) is 17.4. The van der Waals surface area contributed by atoms with Gasteiger partial charge in [0.25, 0.3) is 5.91 Å². The van der Waals surface area contributed by atoms with Gasteiger partial charge in [0.1, 0.15) is 5.75 Å². The fraction of sp³-hybridized carbons (Fsp3) is 0.200. The molecule has 7 heteroatoms. The summed E-state index contributed by atoms with van der Waals surface area (Å²) in [5.41, 5.74) is 0.164. The predicted molar refractivity (Wildman–Crippen MR) is 125 cm³/mol. The van der Waals surface area contributed by atoms with E-state index >= 15 is 0 Å². The van der Waals surface area contributed by atoms with E-state index in [0.717, 1.165) is 5.56 Å². The van der Waals surface area contributed by atoms with Crippen molar-refractivity contribution < 1.29 is 19.4 Å². The number of hydrogen-bond acceptors (Lipinski definition) is 4. The second-order valence-corrected chi connectivity index (χ2v) is 8.39. The van der Waals surface area contributed by atoms with Gasteiger partial charge in [0.05, 0.1) is 35.3 Å². The first-order valence-electron chi connectivity index (χ1n) is 10.2. The highest BCUT2D eigenvalue weighted by molar-refractivity contribution is 6.42. The number of halogens is 2. The molecule has 1 atom stereocenters. The molecule has 0 aliphatic carbocycles. The Morgan fingerprint density at radius 2 is 1.75 bits per heavy atom. The molecule has 3 aromatic rings. The highest BCUT2D eigenvalue weighted by Crippen LogP contribution is 2.43. The maximum Gasteiger partial charge on any atom is 0.264 e. The van der Waals surface area contributed by atoms with Crippen LogP contribution in [0.4, 0.5) is 5.69 Å². The van der Waals surface area contributed by atoms with Crippen molar-refractivity contribution in [1.82, 2.24) is 0 Å². The van der Waals surface area contributed by atoms with Crippen LogP contribution in [-0.4, -0.2) is 23.4 Å². The Balaban J connectivity index is 1.62. The molecular weight excluding hydrogens is 449 g/mol. The van der Waals surface area contributed by atoms with Crippen LogP contribution in [0.25, 0.3) is 0 Å². The average molecular weight is 470 g/mol. The second kappa shape index (κ2) is 8.94. The zero-order valence-electron chi connectivity index (χ0n) is 17.3. The van der Waals surface area contributed by atoms with Crippen molar-refractivity contribution in [3.05, 3.63) is 93.5 Å². The Hall–Kier alpha value is -2.86. The number of carbonyl (C=O) groups is 2. The summed E-state index contributed by atoms with van der Waals surface area (Å²) in [5.74, 6) is -0.239. The summed E-state index contributed by atoms with van der Waals surface area (Å²) in [7, 11) is 0. The highest BCUT2D eigenvalue weighted by atomic mass is 35.5. The molecule has 0 fully saturated rings. The first-order chi connectivity index (χ1) is 15.3. The molecule has 3 aromatic carbocycles. The lowest BCUT2D eigenvalue weighted by Gasteiger charge is -2.23. The van der Waals surface area contributed by atoms with Gasteiger partial charge in [-0.2, -0.15) is 0 Å². The Bertz CT molecular complexity index is 1180. The number of ether oxygens (including phenoxy) is 1. The van der Waals surface area contributed by atoms with Crippen LogP contribution in [0.15, 0.2) is 66.7 Å². The number of para-hydroxylation sites is 1. The first-order valence-corrected chi connectivity index (χ1v) is 10.9. The van der Waals surface area contributed by atoms with E-state index in [1.807, 2.05) is 6.92 Å². The molecule has 0 aromatic heterocycles. The fourth-order valence-corrected chi connectivity index (χ4v) is 4.21. The van der Waals surface area contributed by atoms with Crippen LogP contribution in [0.3, 0.4) is 0 Å². The third kappa shape index (κ3) is 4.11. The summed E-state index contributed by atoms with van der Waals surface area (Å²) >= 11 is 12.1. The van der Waals surface area contributed by atoms with Crippen LogP contribution in [-0.2, 0) is 16.9 Å². The largest absolute Gasteiger partial charge is 0.494 e. The molecule has 1 unspecified atom stereocenters. The maximum atomic E-state index is 13.4. The number of fused-ring (bicyclic) bond motifs is 1. The van der Waals surface area contributed by atoms with Crippen molar-refractivity contribution in [3.8, 4) is 5.75 Å². The zero-order chi connectivity index (χ0) is 22.9. The molecule has 0 saturated carbocycles. The van der Waals surface area contributed by atoms with Gasteiger partial charge in [0, 0.05) is 11.1 Å². The number of aliphatic hydroxyl groups is 1. The number of rotatable bonds is 7. The first kappa shape index (κ1) is 22.3. The Morgan fingerprint density at radius 1 is 1.03 bits per heavy atom. The molecule has 0 saturated heterocycles. The number of ketones is 1. The van der Waals surface area contributed by atoms with Crippen molar-refractivity contribution in [3.63, 3.8) is 0 Å². The van der Waals surface area contributed by atoms with Crippen molar-refractivity contribution in [2.45, 2.75) is 25.5 Å². The lowest BCUT2D eigenvalue weighted by molar-refractivity contribution is -0.136. The highest BCUT2D eigenvalue weighted by Gasteiger charge is 2.50. The van der Waals surface area contributed by atoms with E-state index in [2.05, 4.69) is 0 Å². The quantitative estimate of drug-likeness (QED) is 0.470. The number of nitrogens with zero attached hydrogens (tertiary/aromatic N) is 1. The van der Waals surface area contributed by atoms with E-state index in [-0.39, 0.29) is 18.7 Å². The van der Waals surface area contributed by atoms with Gasteiger partial charge in [0.2, 0.25) is 0 Å². The van der Waals surface area contributed by atoms with Crippen LogP contribution in [0.2, 0.25) is 10.0 Å². The van der Waals surface area contributed by atoms with E-state index < -0.39 is 11.5 Å². The molecule has 164 valence electrons. The summed E-state index contributed by atoms with van der Waals surface area (Å²) in [6.07, 6.45) is -0.366. The van der Waals surface area contributed by atoms with Crippen LogP contribution in [0.5, 0.6) is 5.75 Å². The summed E-state index contributed by atoms with van der Waals surface area (Å²) in [6.45, 7) is 2.58. The summed E-state index contributed by atoms with van der Waals surface area (Å²) in [5, 5.41) is 12.2. The summed E-state index contributed by atoms with van der Waals surface area (Å²) in [4.78, 5) is 27.8. The monoisotopic (exact) mass is 469 g/mol. The molecule has 0 radical (unpaired) electrons. The van der Waals surface area contributed by atoms with Gasteiger partial charge >= 0.3 is 0 Å². The van der Waals surface area contributed by atoms with Gasteiger partial charge in [-0.1, -0.05) is 47.5 Å². The lowest BCUT2D eigenvalue weighted by Crippen LogP contribution is -2.41. The maximum absolute atomic E-state index is 13.4. The molecule has 32 heavy (non-hydrogen) atoms. The number of carbonyl (C=O) groups excluding carboxylic acids is 2. The minimum absolute atomic E-state index is 0.187. The number of amides is 1. The predicted octanol–water partition coefficient (Wildman–Crippen LogP) is 5.40. The summed E-state index contributed by atoms with van der Waals surface area (Å²) in [6, 6.07) is 18.7. The van der Waals surface area contributed by atoms with Crippen LogP contribution < -0.4 is 9.64 Å². The topological polar surface area (TPSA) is 66.8 Å². The molecule has 0 bridgehead atoms. The van der Waals surface area contributed by atoms with Crippen molar-refractivity contribution in [2.24, 2.45) is 0 Å². The van der Waals surface area contributed by atoms with Gasteiger partial charge < -0.3 is 14.7 Å². The Kier molecular flexibility index (Phi) is 6.24. The standard InChI is InChI=1S/C25H21Cl2NO4/c1-2-32-18-10-8-17(9-11-18)23(29)14-25(31)19-5-3-4-6-22(19)28(24(25)30)15-16-7-12-20(26)21(27)13-16/h3-13,31H,2,14-15H2,1H3. The van der Waals surface area contributed by atoms with Crippen LogP contribution >= 0.6 is 23.2 Å². The smallest absolute Gasteiger partial charge is 0.264 e. The Labute approximate surface area is 196 Å². The van der Waals surface area contributed by atoms with Gasteiger partial charge in [0.15, 0.2) is 11.4 Å². The number of hydrogen-bond donors (Lipinski definition) is 1. The number of benzene rings is 3.